The van der Waals surface area contributed by atoms with E-state index >= 15 is 0 Å². The number of hydrogen-bond donors (Lipinski definition) is 8. The van der Waals surface area contributed by atoms with Crippen molar-refractivity contribution < 1.29 is 40.9 Å². The molecule has 0 spiro atoms. The van der Waals surface area contributed by atoms with Crippen LogP contribution in [0.2, 0.25) is 0 Å². The van der Waals surface area contributed by atoms with Crippen molar-refractivity contribution in [2.24, 2.45) is 0 Å². The smallest absolute Gasteiger partial charge is 0.140 e. The molecule has 0 aliphatic heterocycles. The maximum absolute atomic E-state index is 8.96. The average Bonchev–Trinajstić information content (AvgIpc) is 2.25. The van der Waals surface area contributed by atoms with Crippen molar-refractivity contribution in [1.29, 1.82) is 0 Å². The molecular weight excluding hydrogens is 212 g/mol. The van der Waals surface area contributed by atoms with Gasteiger partial charge in [-0.3, -0.25) is 0 Å². The van der Waals surface area contributed by atoms with Gasteiger partial charge in [0.1, 0.15) is 31.2 Å². The van der Waals surface area contributed by atoms with Gasteiger partial charge in [-0.25, -0.2) is 0 Å². The molecule has 8 heteroatoms. The Labute approximate surface area is 86.3 Å². The van der Waals surface area contributed by atoms with Crippen molar-refractivity contribution >= 4 is 0 Å². The maximum atomic E-state index is 8.96. The molecule has 0 bridgehead atoms. The molecule has 4 unspecified atom stereocenters. The van der Waals surface area contributed by atoms with Crippen molar-refractivity contribution in [2.75, 3.05) is 20.0 Å². The van der Waals surface area contributed by atoms with E-state index in [0.29, 0.717) is 0 Å². The van der Waals surface area contributed by atoms with E-state index in [-0.39, 0.29) is 0 Å². The summed E-state index contributed by atoms with van der Waals surface area (Å²) in [7, 11) is 0. The molecule has 0 aliphatic rings. The molecule has 0 amide bonds. The molecule has 0 aromatic heterocycles. The molecule has 0 saturated heterocycles. The molecule has 0 aromatic carbocycles. The first-order chi connectivity index (χ1) is 6.95. The van der Waals surface area contributed by atoms with Crippen molar-refractivity contribution in [3.63, 3.8) is 0 Å². The minimum atomic E-state index is -1.67. The molecular formula is C7H18O8. The van der Waals surface area contributed by atoms with Crippen LogP contribution in [0.25, 0.3) is 0 Å². The summed E-state index contributed by atoms with van der Waals surface area (Å²) in [6, 6.07) is 0. The summed E-state index contributed by atoms with van der Waals surface area (Å²) < 4.78 is 0. The second kappa shape index (κ2) is 10.2. The fraction of sp³-hybridized carbons (Fsp3) is 1.00. The van der Waals surface area contributed by atoms with Crippen molar-refractivity contribution in [3.8, 4) is 0 Å². The van der Waals surface area contributed by atoms with Crippen LogP contribution in [0.15, 0.2) is 0 Å². The lowest BCUT2D eigenvalue weighted by molar-refractivity contribution is -0.123. The highest BCUT2D eigenvalue weighted by Gasteiger charge is 2.29. The molecule has 0 rings (SSSR count). The first-order valence-corrected chi connectivity index (χ1v) is 4.11. The van der Waals surface area contributed by atoms with Crippen LogP contribution < -0.4 is 0 Å². The monoisotopic (exact) mass is 230 g/mol. The highest BCUT2D eigenvalue weighted by atomic mass is 16.5. The predicted octanol–water partition coefficient (Wildman–Crippen LogP) is -4.66. The van der Waals surface area contributed by atoms with Crippen LogP contribution >= 0.6 is 0 Å². The van der Waals surface area contributed by atoms with Crippen molar-refractivity contribution in [3.05, 3.63) is 0 Å². The summed E-state index contributed by atoms with van der Waals surface area (Å²) in [5.41, 5.74) is 0. The topological polar surface area (TPSA) is 162 Å². The second-order valence-electron chi connectivity index (χ2n) is 2.62. The molecule has 8 nitrogen and oxygen atoms in total. The van der Waals surface area contributed by atoms with Crippen LogP contribution in [0, 0.1) is 0 Å². The van der Waals surface area contributed by atoms with Gasteiger partial charge in [0.15, 0.2) is 0 Å². The van der Waals surface area contributed by atoms with Gasteiger partial charge in [0.05, 0.1) is 13.2 Å². The molecule has 0 aliphatic carbocycles. The minimum absolute atomic E-state index is 0.726. The van der Waals surface area contributed by atoms with Gasteiger partial charge in [0.25, 0.3) is 0 Å². The van der Waals surface area contributed by atoms with Crippen LogP contribution in [-0.2, 0) is 0 Å². The SMILES string of the molecule is OCC(O)C(O)C(O)C(O)CO.OCO. The second-order valence-corrected chi connectivity index (χ2v) is 2.62. The van der Waals surface area contributed by atoms with Crippen LogP contribution in [0.5, 0.6) is 0 Å². The highest BCUT2D eigenvalue weighted by Crippen LogP contribution is 2.03. The largest absolute Gasteiger partial charge is 0.394 e. The molecule has 0 aromatic rings. The van der Waals surface area contributed by atoms with E-state index in [1.54, 1.807) is 0 Å². The van der Waals surface area contributed by atoms with E-state index in [0.717, 1.165) is 0 Å². The predicted molar refractivity (Wildman–Crippen MR) is 47.5 cm³/mol. The Kier molecular flexibility index (Phi) is 11.6. The molecule has 0 saturated carbocycles. The Morgan fingerprint density at radius 1 is 0.600 bits per heavy atom. The Bertz CT molecular complexity index is 118. The lowest BCUT2D eigenvalue weighted by Gasteiger charge is -2.24. The maximum Gasteiger partial charge on any atom is 0.140 e. The molecule has 0 fully saturated rings. The first kappa shape index (κ1) is 17.1. The molecule has 8 N–H and O–H groups in total. The summed E-state index contributed by atoms with van der Waals surface area (Å²) in [6.45, 7) is -2.20. The van der Waals surface area contributed by atoms with Gasteiger partial charge < -0.3 is 40.9 Å². The van der Waals surface area contributed by atoms with E-state index in [1.807, 2.05) is 0 Å². The quantitative estimate of drug-likeness (QED) is 0.219. The van der Waals surface area contributed by atoms with E-state index in [4.69, 9.17) is 40.9 Å². The lowest BCUT2D eigenvalue weighted by Crippen LogP contribution is -2.46. The van der Waals surface area contributed by atoms with Gasteiger partial charge in [0.2, 0.25) is 0 Å². The Morgan fingerprint density at radius 2 is 0.800 bits per heavy atom. The van der Waals surface area contributed by atoms with E-state index in [2.05, 4.69) is 0 Å². The third-order valence-electron chi connectivity index (χ3n) is 1.51. The zero-order valence-electron chi connectivity index (χ0n) is 8.01. The van der Waals surface area contributed by atoms with E-state index in [9.17, 15) is 0 Å². The number of aliphatic hydroxyl groups excluding tert-OH is 7. The lowest BCUT2D eigenvalue weighted by atomic mass is 10.0. The Morgan fingerprint density at radius 3 is 0.933 bits per heavy atom. The van der Waals surface area contributed by atoms with E-state index in [1.165, 1.54) is 0 Å². The van der Waals surface area contributed by atoms with Gasteiger partial charge in [-0.05, 0) is 0 Å². The minimum Gasteiger partial charge on any atom is -0.394 e. The number of rotatable bonds is 5. The fourth-order valence-electron chi connectivity index (χ4n) is 0.671. The summed E-state index contributed by atoms with van der Waals surface area (Å²) in [4.78, 5) is 0. The first-order valence-electron chi connectivity index (χ1n) is 4.11. The third kappa shape index (κ3) is 7.59. The zero-order chi connectivity index (χ0) is 12.4. The van der Waals surface area contributed by atoms with Crippen LogP contribution in [0.4, 0.5) is 0 Å². The molecule has 4 atom stereocenters. The van der Waals surface area contributed by atoms with Gasteiger partial charge in [0, 0.05) is 0 Å². The van der Waals surface area contributed by atoms with Gasteiger partial charge in [-0.15, -0.1) is 0 Å². The van der Waals surface area contributed by atoms with Gasteiger partial charge >= 0.3 is 0 Å². The fourth-order valence-corrected chi connectivity index (χ4v) is 0.671. The normalized spacial score (nSPS) is 18.4. The van der Waals surface area contributed by atoms with E-state index < -0.39 is 44.4 Å². The summed E-state index contributed by atoms with van der Waals surface area (Å²) in [6.07, 6.45) is -6.39. The standard InChI is InChI=1S/C6H14O6.CH4O2/c7-1-3(9)5(11)6(12)4(10)2-8;2-1-3/h3-12H,1-2H2;2-3H,1H2. The van der Waals surface area contributed by atoms with Crippen LogP contribution in [0.1, 0.15) is 0 Å². The summed E-state index contributed by atoms with van der Waals surface area (Å²) in [5, 5.41) is 66.4. The molecule has 0 heterocycles. The molecule has 94 valence electrons. The average molecular weight is 230 g/mol. The number of aliphatic hydroxyl groups is 8. The zero-order valence-corrected chi connectivity index (χ0v) is 8.01. The molecule has 0 radical (unpaired) electrons. The van der Waals surface area contributed by atoms with Gasteiger partial charge in [-0.2, -0.15) is 0 Å². The van der Waals surface area contributed by atoms with Gasteiger partial charge in [-0.1, -0.05) is 0 Å². The number of hydrogen-bond acceptors (Lipinski definition) is 8. The Balaban J connectivity index is 0. The Hall–Kier alpha value is -0.320. The summed E-state index contributed by atoms with van der Waals surface area (Å²) >= 11 is 0. The molecule has 15 heavy (non-hydrogen) atoms. The van der Waals surface area contributed by atoms with Crippen LogP contribution in [0.3, 0.4) is 0 Å². The highest BCUT2D eigenvalue weighted by molar-refractivity contribution is 4.79. The van der Waals surface area contributed by atoms with Crippen molar-refractivity contribution in [2.45, 2.75) is 24.4 Å². The third-order valence-corrected chi connectivity index (χ3v) is 1.51. The van der Waals surface area contributed by atoms with Crippen molar-refractivity contribution in [1.82, 2.24) is 0 Å². The summed E-state index contributed by atoms with van der Waals surface area (Å²) in [5.74, 6) is 0. The van der Waals surface area contributed by atoms with Crippen LogP contribution in [-0.4, -0.2) is 85.3 Å².